The van der Waals surface area contributed by atoms with Crippen molar-refractivity contribution < 1.29 is 5.11 Å². The Morgan fingerprint density at radius 2 is 2.00 bits per heavy atom. The van der Waals surface area contributed by atoms with Crippen LogP contribution in [0.15, 0.2) is 30.3 Å². The Labute approximate surface area is 97.7 Å². The van der Waals surface area contributed by atoms with E-state index in [0.717, 1.165) is 24.4 Å². The van der Waals surface area contributed by atoms with Gasteiger partial charge >= 0.3 is 0 Å². The second-order valence-corrected chi connectivity index (χ2v) is 4.91. The fourth-order valence-corrected chi connectivity index (χ4v) is 1.92. The van der Waals surface area contributed by atoms with Gasteiger partial charge in [0.1, 0.15) is 0 Å². The Balaban J connectivity index is 1.74. The van der Waals surface area contributed by atoms with Crippen molar-refractivity contribution in [1.82, 2.24) is 5.32 Å². The second-order valence-electron chi connectivity index (χ2n) is 4.91. The SMILES string of the molecule is CC(CC(O)c1ccccc1)NCC1CC1. The van der Waals surface area contributed by atoms with Gasteiger partial charge in [0.2, 0.25) is 0 Å². The van der Waals surface area contributed by atoms with Crippen molar-refractivity contribution in [3.8, 4) is 0 Å². The van der Waals surface area contributed by atoms with Crippen LogP contribution in [0.3, 0.4) is 0 Å². The van der Waals surface area contributed by atoms with E-state index in [0.29, 0.717) is 6.04 Å². The molecule has 0 aromatic heterocycles. The molecule has 1 saturated carbocycles. The summed E-state index contributed by atoms with van der Waals surface area (Å²) in [6.45, 7) is 3.26. The second kappa shape index (κ2) is 5.46. The molecule has 1 aliphatic carbocycles. The zero-order valence-electron chi connectivity index (χ0n) is 9.89. The zero-order chi connectivity index (χ0) is 11.4. The Kier molecular flexibility index (Phi) is 3.97. The van der Waals surface area contributed by atoms with Gasteiger partial charge < -0.3 is 10.4 Å². The van der Waals surface area contributed by atoms with Crippen molar-refractivity contribution in [2.75, 3.05) is 6.54 Å². The van der Waals surface area contributed by atoms with Gasteiger partial charge in [0.15, 0.2) is 0 Å². The van der Waals surface area contributed by atoms with Gasteiger partial charge in [-0.3, -0.25) is 0 Å². The van der Waals surface area contributed by atoms with Crippen LogP contribution in [0.5, 0.6) is 0 Å². The predicted molar refractivity (Wildman–Crippen MR) is 66.2 cm³/mol. The maximum Gasteiger partial charge on any atom is 0.0804 e. The van der Waals surface area contributed by atoms with Gasteiger partial charge in [-0.15, -0.1) is 0 Å². The Morgan fingerprint density at radius 1 is 1.31 bits per heavy atom. The quantitative estimate of drug-likeness (QED) is 0.770. The number of nitrogens with one attached hydrogen (secondary N) is 1. The van der Waals surface area contributed by atoms with E-state index < -0.39 is 0 Å². The molecule has 0 radical (unpaired) electrons. The number of rotatable bonds is 6. The molecule has 1 fully saturated rings. The van der Waals surface area contributed by atoms with Crippen LogP contribution in [0, 0.1) is 5.92 Å². The zero-order valence-corrected chi connectivity index (χ0v) is 9.89. The predicted octanol–water partition coefficient (Wildman–Crippen LogP) is 2.50. The molecule has 2 atom stereocenters. The molecule has 1 aliphatic rings. The van der Waals surface area contributed by atoms with Gasteiger partial charge in [-0.2, -0.15) is 0 Å². The first-order valence-corrected chi connectivity index (χ1v) is 6.22. The summed E-state index contributed by atoms with van der Waals surface area (Å²) < 4.78 is 0. The lowest BCUT2D eigenvalue weighted by atomic mass is 10.0. The molecule has 0 bridgehead atoms. The first-order valence-electron chi connectivity index (χ1n) is 6.22. The van der Waals surface area contributed by atoms with Crippen LogP contribution in [-0.4, -0.2) is 17.7 Å². The number of benzene rings is 1. The summed E-state index contributed by atoms with van der Waals surface area (Å²) >= 11 is 0. The summed E-state index contributed by atoms with van der Waals surface area (Å²) in [6.07, 6.45) is 3.20. The molecule has 88 valence electrons. The van der Waals surface area contributed by atoms with Crippen LogP contribution in [0.1, 0.15) is 37.9 Å². The molecule has 0 amide bonds. The minimum atomic E-state index is -0.345. The van der Waals surface area contributed by atoms with E-state index in [1.807, 2.05) is 30.3 Å². The van der Waals surface area contributed by atoms with Crippen molar-refractivity contribution in [3.05, 3.63) is 35.9 Å². The topological polar surface area (TPSA) is 32.3 Å². The van der Waals surface area contributed by atoms with Crippen LogP contribution in [-0.2, 0) is 0 Å². The van der Waals surface area contributed by atoms with Gasteiger partial charge in [0.25, 0.3) is 0 Å². The molecule has 2 heteroatoms. The van der Waals surface area contributed by atoms with Crippen LogP contribution in [0.2, 0.25) is 0 Å². The number of aliphatic hydroxyl groups is 1. The Hall–Kier alpha value is -0.860. The average molecular weight is 219 g/mol. The first-order chi connectivity index (χ1) is 7.75. The third-order valence-electron chi connectivity index (χ3n) is 3.21. The van der Waals surface area contributed by atoms with Gasteiger partial charge in [-0.25, -0.2) is 0 Å². The molecule has 0 aliphatic heterocycles. The molecule has 2 N–H and O–H groups in total. The summed E-state index contributed by atoms with van der Waals surface area (Å²) in [4.78, 5) is 0. The maximum atomic E-state index is 10.0. The highest BCUT2D eigenvalue weighted by atomic mass is 16.3. The third-order valence-corrected chi connectivity index (χ3v) is 3.21. The van der Waals surface area contributed by atoms with Crippen LogP contribution < -0.4 is 5.32 Å². The van der Waals surface area contributed by atoms with Crippen LogP contribution in [0.25, 0.3) is 0 Å². The fourth-order valence-electron chi connectivity index (χ4n) is 1.92. The standard InChI is InChI=1S/C14H21NO/c1-11(15-10-12-7-8-12)9-14(16)13-5-3-2-4-6-13/h2-6,11-12,14-16H,7-10H2,1H3. The third kappa shape index (κ3) is 3.62. The first kappa shape index (κ1) is 11.6. The molecule has 2 nitrogen and oxygen atoms in total. The highest BCUT2D eigenvalue weighted by molar-refractivity contribution is 5.17. The molecule has 1 aromatic rings. The molecule has 1 aromatic carbocycles. The highest BCUT2D eigenvalue weighted by Crippen LogP contribution is 2.28. The largest absolute Gasteiger partial charge is 0.388 e. The molecule has 0 saturated heterocycles. The van der Waals surface area contributed by atoms with E-state index in [1.165, 1.54) is 12.8 Å². The van der Waals surface area contributed by atoms with Crippen molar-refractivity contribution in [3.63, 3.8) is 0 Å². The average Bonchev–Trinajstić information content (AvgIpc) is 3.11. The lowest BCUT2D eigenvalue weighted by molar-refractivity contribution is 0.154. The Morgan fingerprint density at radius 3 is 2.62 bits per heavy atom. The van der Waals surface area contributed by atoms with E-state index in [9.17, 15) is 5.11 Å². The maximum absolute atomic E-state index is 10.0. The fraction of sp³-hybridized carbons (Fsp3) is 0.571. The minimum absolute atomic E-state index is 0.345. The number of hydrogen-bond donors (Lipinski definition) is 2. The van der Waals surface area contributed by atoms with Crippen molar-refractivity contribution in [2.45, 2.75) is 38.3 Å². The smallest absolute Gasteiger partial charge is 0.0804 e. The molecular formula is C14H21NO. The van der Waals surface area contributed by atoms with E-state index in [2.05, 4.69) is 12.2 Å². The molecule has 2 unspecified atom stereocenters. The van der Waals surface area contributed by atoms with Gasteiger partial charge in [0, 0.05) is 6.04 Å². The van der Waals surface area contributed by atoms with Crippen LogP contribution in [0.4, 0.5) is 0 Å². The van der Waals surface area contributed by atoms with Gasteiger partial charge in [-0.05, 0) is 44.2 Å². The van der Waals surface area contributed by atoms with Crippen molar-refractivity contribution in [1.29, 1.82) is 0 Å². The normalized spacial score (nSPS) is 19.4. The number of aliphatic hydroxyl groups excluding tert-OH is 1. The van der Waals surface area contributed by atoms with Gasteiger partial charge in [-0.1, -0.05) is 30.3 Å². The van der Waals surface area contributed by atoms with E-state index in [-0.39, 0.29) is 6.10 Å². The lowest BCUT2D eigenvalue weighted by Crippen LogP contribution is -2.29. The minimum Gasteiger partial charge on any atom is -0.388 e. The van der Waals surface area contributed by atoms with Crippen LogP contribution >= 0.6 is 0 Å². The van der Waals surface area contributed by atoms with Crippen molar-refractivity contribution >= 4 is 0 Å². The molecular weight excluding hydrogens is 198 g/mol. The summed E-state index contributed by atoms with van der Waals surface area (Å²) in [7, 11) is 0. The Bertz CT molecular complexity index is 308. The van der Waals surface area contributed by atoms with E-state index in [1.54, 1.807) is 0 Å². The summed E-state index contributed by atoms with van der Waals surface area (Å²) in [5, 5.41) is 13.5. The molecule has 0 heterocycles. The molecule has 16 heavy (non-hydrogen) atoms. The van der Waals surface area contributed by atoms with E-state index >= 15 is 0 Å². The summed E-state index contributed by atoms with van der Waals surface area (Å²) in [6, 6.07) is 10.3. The monoisotopic (exact) mass is 219 g/mol. The molecule has 2 rings (SSSR count). The van der Waals surface area contributed by atoms with E-state index in [4.69, 9.17) is 0 Å². The van der Waals surface area contributed by atoms with Gasteiger partial charge in [0.05, 0.1) is 6.10 Å². The summed E-state index contributed by atoms with van der Waals surface area (Å²) in [5.41, 5.74) is 1.02. The lowest BCUT2D eigenvalue weighted by Gasteiger charge is -2.18. The summed E-state index contributed by atoms with van der Waals surface area (Å²) in [5.74, 6) is 0.899. The highest BCUT2D eigenvalue weighted by Gasteiger charge is 2.21. The number of hydrogen-bond acceptors (Lipinski definition) is 2. The van der Waals surface area contributed by atoms with Crippen molar-refractivity contribution in [2.24, 2.45) is 5.92 Å². The molecule has 0 spiro atoms.